The highest BCUT2D eigenvalue weighted by Gasteiger charge is 2.08. The van der Waals surface area contributed by atoms with E-state index in [4.69, 9.17) is 21.1 Å². The summed E-state index contributed by atoms with van der Waals surface area (Å²) < 4.78 is 9.91. The minimum Gasteiger partial charge on any atom is -0.495 e. The third kappa shape index (κ3) is 4.69. The lowest BCUT2D eigenvalue weighted by Crippen LogP contribution is -2.04. The zero-order chi connectivity index (χ0) is 20.1. The molecule has 2 aromatic carbocycles. The van der Waals surface area contributed by atoms with Crippen LogP contribution in [0, 0.1) is 6.92 Å². The van der Waals surface area contributed by atoms with Crippen molar-refractivity contribution in [2.75, 3.05) is 24.9 Å². The second kappa shape index (κ2) is 8.58. The first-order valence-electron chi connectivity index (χ1n) is 8.40. The number of esters is 1. The van der Waals surface area contributed by atoms with Gasteiger partial charge in [-0.15, -0.1) is 0 Å². The van der Waals surface area contributed by atoms with Gasteiger partial charge in [0.15, 0.2) is 0 Å². The first-order valence-corrected chi connectivity index (χ1v) is 8.78. The Balaban J connectivity index is 1.82. The Bertz CT molecular complexity index is 1010. The lowest BCUT2D eigenvalue weighted by Gasteiger charge is -2.11. The summed E-state index contributed by atoms with van der Waals surface area (Å²) in [6.07, 6.45) is 0. The highest BCUT2D eigenvalue weighted by Crippen LogP contribution is 2.29. The Kier molecular flexibility index (Phi) is 5.96. The van der Waals surface area contributed by atoms with Gasteiger partial charge < -0.3 is 20.1 Å². The number of aromatic nitrogens is 2. The molecule has 7 nitrogen and oxygen atoms in total. The van der Waals surface area contributed by atoms with Gasteiger partial charge in [-0.25, -0.2) is 9.78 Å². The molecule has 0 unspecified atom stereocenters. The lowest BCUT2D eigenvalue weighted by molar-refractivity contribution is 0.0601. The van der Waals surface area contributed by atoms with Crippen LogP contribution in [-0.4, -0.2) is 30.2 Å². The number of ether oxygens (including phenoxy) is 2. The van der Waals surface area contributed by atoms with Gasteiger partial charge in [0.2, 0.25) is 5.95 Å². The fourth-order valence-electron chi connectivity index (χ4n) is 2.55. The molecule has 3 rings (SSSR count). The molecule has 0 aliphatic heterocycles. The molecule has 1 heterocycles. The van der Waals surface area contributed by atoms with Crippen molar-refractivity contribution in [2.45, 2.75) is 6.92 Å². The number of nitrogens with one attached hydrogen (secondary N) is 2. The van der Waals surface area contributed by atoms with Crippen LogP contribution in [0.5, 0.6) is 5.75 Å². The molecule has 0 saturated carbocycles. The summed E-state index contributed by atoms with van der Waals surface area (Å²) in [4.78, 5) is 20.5. The minimum atomic E-state index is -0.410. The van der Waals surface area contributed by atoms with Gasteiger partial charge in [0.05, 0.1) is 24.8 Å². The number of carbonyl (C=O) groups is 1. The van der Waals surface area contributed by atoms with Gasteiger partial charge in [-0.1, -0.05) is 17.7 Å². The van der Waals surface area contributed by atoms with Crippen molar-refractivity contribution in [3.05, 3.63) is 64.8 Å². The van der Waals surface area contributed by atoms with E-state index in [0.717, 1.165) is 11.4 Å². The van der Waals surface area contributed by atoms with Crippen molar-refractivity contribution in [1.29, 1.82) is 0 Å². The molecule has 0 radical (unpaired) electrons. The maximum absolute atomic E-state index is 11.7. The molecule has 0 spiro atoms. The van der Waals surface area contributed by atoms with E-state index >= 15 is 0 Å². The van der Waals surface area contributed by atoms with Crippen molar-refractivity contribution in [3.63, 3.8) is 0 Å². The van der Waals surface area contributed by atoms with Crippen LogP contribution in [0.3, 0.4) is 0 Å². The highest BCUT2D eigenvalue weighted by molar-refractivity contribution is 6.32. The number of aryl methyl sites for hydroxylation is 1. The van der Waals surface area contributed by atoms with Crippen LogP contribution in [0.25, 0.3) is 0 Å². The Morgan fingerprint density at radius 1 is 1.00 bits per heavy atom. The summed E-state index contributed by atoms with van der Waals surface area (Å²) in [5, 5.41) is 6.80. The Hall–Kier alpha value is -3.32. The molecular formula is C20H19ClN4O3. The third-order valence-electron chi connectivity index (χ3n) is 3.82. The molecule has 0 aliphatic rings. The van der Waals surface area contributed by atoms with Crippen molar-refractivity contribution in [1.82, 2.24) is 9.97 Å². The van der Waals surface area contributed by atoms with E-state index in [9.17, 15) is 4.79 Å². The number of methoxy groups -OCH3 is 2. The molecule has 3 aromatic rings. The van der Waals surface area contributed by atoms with Gasteiger partial charge >= 0.3 is 5.97 Å². The van der Waals surface area contributed by atoms with Crippen LogP contribution in [-0.2, 0) is 4.74 Å². The number of benzene rings is 2. The van der Waals surface area contributed by atoms with Crippen LogP contribution in [0.4, 0.5) is 23.1 Å². The first-order chi connectivity index (χ1) is 13.5. The van der Waals surface area contributed by atoms with Crippen LogP contribution >= 0.6 is 11.6 Å². The molecule has 8 heteroatoms. The van der Waals surface area contributed by atoms with Crippen molar-refractivity contribution in [3.8, 4) is 5.75 Å². The number of halogens is 1. The first kappa shape index (κ1) is 19.4. The molecule has 28 heavy (non-hydrogen) atoms. The number of hydrogen-bond donors (Lipinski definition) is 2. The smallest absolute Gasteiger partial charge is 0.337 e. The van der Waals surface area contributed by atoms with Gasteiger partial charge in [0.1, 0.15) is 11.6 Å². The standard InChI is InChI=1S/C20H19ClN4O3/c1-12-9-18(23-15-7-8-17(27-2)16(21)11-15)25-20(22-12)24-14-6-4-5-13(10-14)19(26)28-3/h4-11H,1-3H3,(H2,22,23,24,25). The Labute approximate surface area is 167 Å². The number of carbonyl (C=O) groups excluding carboxylic acids is 1. The molecule has 144 valence electrons. The predicted molar refractivity (Wildman–Crippen MR) is 109 cm³/mol. The third-order valence-corrected chi connectivity index (χ3v) is 4.11. The molecule has 0 fully saturated rings. The molecule has 1 aromatic heterocycles. The van der Waals surface area contributed by atoms with E-state index in [1.807, 2.05) is 25.1 Å². The summed E-state index contributed by atoms with van der Waals surface area (Å²) in [5.74, 6) is 1.18. The number of rotatable bonds is 6. The summed E-state index contributed by atoms with van der Waals surface area (Å²) in [6.45, 7) is 1.86. The van der Waals surface area contributed by atoms with Crippen LogP contribution < -0.4 is 15.4 Å². The normalized spacial score (nSPS) is 10.3. The number of nitrogens with zero attached hydrogens (tertiary/aromatic N) is 2. The summed E-state index contributed by atoms with van der Waals surface area (Å²) in [5.41, 5.74) is 2.64. The largest absolute Gasteiger partial charge is 0.495 e. The average molecular weight is 399 g/mol. The zero-order valence-corrected chi connectivity index (χ0v) is 16.4. The highest BCUT2D eigenvalue weighted by atomic mass is 35.5. The maximum atomic E-state index is 11.7. The van der Waals surface area contributed by atoms with Crippen molar-refractivity contribution < 1.29 is 14.3 Å². The Morgan fingerprint density at radius 2 is 1.79 bits per heavy atom. The SMILES string of the molecule is COC(=O)c1cccc(Nc2nc(C)cc(Nc3ccc(OC)c(Cl)c3)n2)c1. The second-order valence-corrected chi connectivity index (χ2v) is 6.30. The van der Waals surface area contributed by atoms with Gasteiger partial charge in [-0.2, -0.15) is 4.98 Å². The molecule has 0 amide bonds. The Morgan fingerprint density at radius 3 is 2.50 bits per heavy atom. The van der Waals surface area contributed by atoms with E-state index in [0.29, 0.717) is 33.8 Å². The number of anilines is 4. The van der Waals surface area contributed by atoms with Gasteiger partial charge in [0.25, 0.3) is 0 Å². The topological polar surface area (TPSA) is 85.4 Å². The van der Waals surface area contributed by atoms with Gasteiger partial charge in [-0.3, -0.25) is 0 Å². The molecule has 0 aliphatic carbocycles. The van der Waals surface area contributed by atoms with Crippen molar-refractivity contribution >= 4 is 40.7 Å². The van der Waals surface area contributed by atoms with Crippen LogP contribution in [0.2, 0.25) is 5.02 Å². The summed E-state index contributed by atoms with van der Waals surface area (Å²) in [7, 11) is 2.91. The fraction of sp³-hybridized carbons (Fsp3) is 0.150. The molecule has 0 bridgehead atoms. The van der Waals surface area contributed by atoms with E-state index in [1.54, 1.807) is 37.4 Å². The maximum Gasteiger partial charge on any atom is 0.337 e. The monoisotopic (exact) mass is 398 g/mol. The molecule has 2 N–H and O–H groups in total. The molecular weight excluding hydrogens is 380 g/mol. The predicted octanol–water partition coefficient (Wildman–Crippen LogP) is 4.72. The van der Waals surface area contributed by atoms with E-state index in [-0.39, 0.29) is 0 Å². The summed E-state index contributed by atoms with van der Waals surface area (Å²) >= 11 is 6.17. The number of hydrogen-bond acceptors (Lipinski definition) is 7. The molecule has 0 saturated heterocycles. The van der Waals surface area contributed by atoms with Crippen molar-refractivity contribution in [2.24, 2.45) is 0 Å². The van der Waals surface area contributed by atoms with Crippen LogP contribution in [0.15, 0.2) is 48.5 Å². The molecule has 0 atom stereocenters. The zero-order valence-electron chi connectivity index (χ0n) is 15.6. The van der Waals surface area contributed by atoms with Crippen LogP contribution in [0.1, 0.15) is 16.1 Å². The van der Waals surface area contributed by atoms with E-state index < -0.39 is 5.97 Å². The van der Waals surface area contributed by atoms with Gasteiger partial charge in [-0.05, 0) is 43.3 Å². The van der Waals surface area contributed by atoms with Gasteiger partial charge in [0, 0.05) is 23.1 Å². The average Bonchev–Trinajstić information content (AvgIpc) is 2.67. The summed E-state index contributed by atoms with van der Waals surface area (Å²) in [6, 6.07) is 14.1. The van der Waals surface area contributed by atoms with E-state index in [1.165, 1.54) is 7.11 Å². The lowest BCUT2D eigenvalue weighted by atomic mass is 10.2. The minimum absolute atomic E-state index is 0.393. The van der Waals surface area contributed by atoms with E-state index in [2.05, 4.69) is 20.6 Å². The quantitative estimate of drug-likeness (QED) is 0.581. The second-order valence-electron chi connectivity index (χ2n) is 5.89. The fourth-order valence-corrected chi connectivity index (χ4v) is 2.81.